The standard InChI is InChI=1S/C15H22N2O5S/c1-23(19,20)16-13-11-21-10-6-15(13)4-7-17(8-5-15)14(18)12-3-2-9-22-12/h2-3,9,13,16H,4-8,10-11H2,1H3/t13-/m1/s1. The quantitative estimate of drug-likeness (QED) is 0.879. The molecule has 1 amide bonds. The van der Waals surface area contributed by atoms with E-state index < -0.39 is 10.0 Å². The molecule has 1 N–H and O–H groups in total. The van der Waals surface area contributed by atoms with Crippen molar-refractivity contribution < 1.29 is 22.4 Å². The van der Waals surface area contributed by atoms with Crippen molar-refractivity contribution in [2.24, 2.45) is 5.41 Å². The molecular weight excluding hydrogens is 320 g/mol. The van der Waals surface area contributed by atoms with Gasteiger partial charge in [-0.25, -0.2) is 13.1 Å². The third-order valence-electron chi connectivity index (χ3n) is 4.90. The molecule has 0 aromatic carbocycles. The molecule has 3 heterocycles. The lowest BCUT2D eigenvalue weighted by Crippen LogP contribution is -2.57. The number of hydrogen-bond acceptors (Lipinski definition) is 5. The molecule has 2 aliphatic rings. The van der Waals surface area contributed by atoms with Gasteiger partial charge in [-0.05, 0) is 36.8 Å². The number of ether oxygens (including phenoxy) is 1. The number of furan rings is 1. The van der Waals surface area contributed by atoms with E-state index in [2.05, 4.69) is 4.72 Å². The highest BCUT2D eigenvalue weighted by atomic mass is 32.2. The average molecular weight is 342 g/mol. The molecule has 128 valence electrons. The van der Waals surface area contributed by atoms with E-state index in [0.29, 0.717) is 32.1 Å². The number of hydrogen-bond donors (Lipinski definition) is 1. The van der Waals surface area contributed by atoms with Gasteiger partial charge in [0.15, 0.2) is 5.76 Å². The Hall–Kier alpha value is -1.38. The maximum Gasteiger partial charge on any atom is 0.289 e. The molecule has 23 heavy (non-hydrogen) atoms. The van der Waals surface area contributed by atoms with Crippen LogP contribution >= 0.6 is 0 Å². The molecule has 3 rings (SSSR count). The Morgan fingerprint density at radius 2 is 2.09 bits per heavy atom. The summed E-state index contributed by atoms with van der Waals surface area (Å²) in [5.41, 5.74) is -0.138. The van der Waals surface area contributed by atoms with E-state index in [1.54, 1.807) is 17.0 Å². The second kappa shape index (κ2) is 6.26. The van der Waals surface area contributed by atoms with Gasteiger partial charge in [0.1, 0.15) is 0 Å². The second-order valence-electron chi connectivity index (χ2n) is 6.40. The van der Waals surface area contributed by atoms with Crippen molar-refractivity contribution in [3.63, 3.8) is 0 Å². The molecular formula is C15H22N2O5S. The van der Waals surface area contributed by atoms with Crippen LogP contribution in [-0.2, 0) is 14.8 Å². The van der Waals surface area contributed by atoms with Crippen LogP contribution in [0.25, 0.3) is 0 Å². The molecule has 0 saturated carbocycles. The first-order chi connectivity index (χ1) is 10.9. The van der Waals surface area contributed by atoms with Gasteiger partial charge in [-0.3, -0.25) is 4.79 Å². The van der Waals surface area contributed by atoms with E-state index >= 15 is 0 Å². The predicted octanol–water partition coefficient (Wildman–Crippen LogP) is 0.840. The summed E-state index contributed by atoms with van der Waals surface area (Å²) in [6.07, 6.45) is 4.99. The summed E-state index contributed by atoms with van der Waals surface area (Å²) in [6, 6.07) is 3.13. The van der Waals surface area contributed by atoms with Crippen LogP contribution in [-0.4, -0.2) is 57.8 Å². The highest BCUT2D eigenvalue weighted by Gasteiger charge is 2.45. The fourth-order valence-corrected chi connectivity index (χ4v) is 4.39. The van der Waals surface area contributed by atoms with Gasteiger partial charge in [0.05, 0.1) is 25.2 Å². The first-order valence-electron chi connectivity index (χ1n) is 7.77. The molecule has 1 aromatic heterocycles. The van der Waals surface area contributed by atoms with Crippen molar-refractivity contribution in [3.8, 4) is 0 Å². The Kier molecular flexibility index (Phi) is 4.48. The second-order valence-corrected chi connectivity index (χ2v) is 8.18. The van der Waals surface area contributed by atoms with E-state index in [0.717, 1.165) is 19.3 Å². The number of rotatable bonds is 3. The Bertz CT molecular complexity index is 647. The minimum absolute atomic E-state index is 0.107. The van der Waals surface area contributed by atoms with Crippen LogP contribution in [0.1, 0.15) is 29.8 Å². The smallest absolute Gasteiger partial charge is 0.289 e. The summed E-state index contributed by atoms with van der Waals surface area (Å²) in [6.45, 7) is 2.22. The number of nitrogens with one attached hydrogen (secondary N) is 1. The number of carbonyl (C=O) groups excluding carboxylic acids is 1. The van der Waals surface area contributed by atoms with Gasteiger partial charge in [-0.15, -0.1) is 0 Å². The Labute approximate surface area is 136 Å². The van der Waals surface area contributed by atoms with Crippen molar-refractivity contribution in [1.29, 1.82) is 0 Å². The van der Waals surface area contributed by atoms with Crippen molar-refractivity contribution in [2.75, 3.05) is 32.6 Å². The van der Waals surface area contributed by atoms with Crippen LogP contribution in [0.4, 0.5) is 0 Å². The molecule has 0 radical (unpaired) electrons. The van der Waals surface area contributed by atoms with Crippen molar-refractivity contribution >= 4 is 15.9 Å². The number of likely N-dealkylation sites (tertiary alicyclic amines) is 1. The number of sulfonamides is 1. The van der Waals surface area contributed by atoms with Crippen LogP contribution in [0.5, 0.6) is 0 Å². The molecule has 2 saturated heterocycles. The first kappa shape index (κ1) is 16.5. The SMILES string of the molecule is CS(=O)(=O)N[C@@H]1COCCC12CCN(C(=O)c1ccco1)CC2. The minimum atomic E-state index is -3.29. The average Bonchev–Trinajstić information content (AvgIpc) is 3.03. The van der Waals surface area contributed by atoms with Crippen LogP contribution in [0.3, 0.4) is 0 Å². The molecule has 1 aromatic rings. The Balaban J connectivity index is 1.69. The third kappa shape index (κ3) is 3.59. The molecule has 1 atom stereocenters. The van der Waals surface area contributed by atoms with Crippen LogP contribution in [0.2, 0.25) is 0 Å². The highest BCUT2D eigenvalue weighted by Crippen LogP contribution is 2.41. The molecule has 2 fully saturated rings. The van der Waals surface area contributed by atoms with E-state index in [-0.39, 0.29) is 17.4 Å². The maximum atomic E-state index is 12.3. The maximum absolute atomic E-state index is 12.3. The first-order valence-corrected chi connectivity index (χ1v) is 9.67. The zero-order valence-corrected chi connectivity index (χ0v) is 14.0. The van der Waals surface area contributed by atoms with Gasteiger partial charge in [-0.1, -0.05) is 0 Å². The van der Waals surface area contributed by atoms with Crippen LogP contribution in [0, 0.1) is 5.41 Å². The van der Waals surface area contributed by atoms with E-state index in [1.165, 1.54) is 12.5 Å². The summed E-state index contributed by atoms with van der Waals surface area (Å²) in [5, 5.41) is 0. The lowest BCUT2D eigenvalue weighted by Gasteiger charge is -2.48. The lowest BCUT2D eigenvalue weighted by molar-refractivity contribution is -0.0403. The predicted molar refractivity (Wildman–Crippen MR) is 83.5 cm³/mol. The fraction of sp³-hybridized carbons (Fsp3) is 0.667. The number of nitrogens with zero attached hydrogens (tertiary/aromatic N) is 1. The summed E-state index contributed by atoms with van der Waals surface area (Å²) in [5.74, 6) is 0.239. The Morgan fingerprint density at radius 1 is 1.35 bits per heavy atom. The molecule has 8 heteroatoms. The van der Waals surface area contributed by atoms with Crippen molar-refractivity contribution in [1.82, 2.24) is 9.62 Å². The zero-order valence-electron chi connectivity index (χ0n) is 13.2. The van der Waals surface area contributed by atoms with Gasteiger partial charge in [0.2, 0.25) is 10.0 Å². The molecule has 0 unspecified atom stereocenters. The summed E-state index contributed by atoms with van der Waals surface area (Å²) >= 11 is 0. The van der Waals surface area contributed by atoms with Gasteiger partial charge < -0.3 is 14.1 Å². The molecule has 0 bridgehead atoms. The lowest BCUT2D eigenvalue weighted by atomic mass is 9.69. The molecule has 1 spiro atoms. The highest BCUT2D eigenvalue weighted by molar-refractivity contribution is 7.88. The van der Waals surface area contributed by atoms with E-state index in [9.17, 15) is 13.2 Å². The van der Waals surface area contributed by atoms with Gasteiger partial charge >= 0.3 is 0 Å². The topological polar surface area (TPSA) is 88.9 Å². The Morgan fingerprint density at radius 3 is 2.70 bits per heavy atom. The zero-order chi connectivity index (χ0) is 16.5. The van der Waals surface area contributed by atoms with Gasteiger partial charge in [0, 0.05) is 19.7 Å². The van der Waals surface area contributed by atoms with E-state index in [1.807, 2.05) is 0 Å². The van der Waals surface area contributed by atoms with Gasteiger partial charge in [-0.2, -0.15) is 0 Å². The van der Waals surface area contributed by atoms with Crippen molar-refractivity contribution in [2.45, 2.75) is 25.3 Å². The van der Waals surface area contributed by atoms with Gasteiger partial charge in [0.25, 0.3) is 5.91 Å². The molecule has 0 aliphatic carbocycles. The van der Waals surface area contributed by atoms with Crippen molar-refractivity contribution in [3.05, 3.63) is 24.2 Å². The molecule has 2 aliphatic heterocycles. The number of piperidine rings is 1. The monoisotopic (exact) mass is 342 g/mol. The van der Waals surface area contributed by atoms with E-state index in [4.69, 9.17) is 9.15 Å². The summed E-state index contributed by atoms with van der Waals surface area (Å²) < 4.78 is 36.6. The van der Waals surface area contributed by atoms with Crippen LogP contribution in [0.15, 0.2) is 22.8 Å². The summed E-state index contributed by atoms with van der Waals surface area (Å²) in [7, 11) is -3.29. The number of carbonyl (C=O) groups is 1. The fourth-order valence-electron chi connectivity index (χ4n) is 3.55. The third-order valence-corrected chi connectivity index (χ3v) is 5.62. The largest absolute Gasteiger partial charge is 0.459 e. The van der Waals surface area contributed by atoms with Crippen LogP contribution < -0.4 is 4.72 Å². The minimum Gasteiger partial charge on any atom is -0.459 e. The normalized spacial score (nSPS) is 24.7. The molecule has 7 nitrogen and oxygen atoms in total. The summed E-state index contributed by atoms with van der Waals surface area (Å²) in [4.78, 5) is 14.1. The number of amides is 1.